The number of carbonyl (C=O) groups excluding carboxylic acids is 2. The molecule has 1 aromatic carbocycles. The van der Waals surface area contributed by atoms with E-state index in [2.05, 4.69) is 5.32 Å². The van der Waals surface area contributed by atoms with Crippen LogP contribution in [0.3, 0.4) is 0 Å². The number of fused-ring (bicyclic) bond motifs is 1. The summed E-state index contributed by atoms with van der Waals surface area (Å²) in [6.07, 6.45) is 0.180. The van der Waals surface area contributed by atoms with E-state index < -0.39 is 0 Å². The lowest BCUT2D eigenvalue weighted by atomic mass is 10.2. The van der Waals surface area contributed by atoms with Crippen LogP contribution in [0.4, 0.5) is 11.4 Å². The molecule has 2 amide bonds. The minimum Gasteiger partial charge on any atom is -0.323 e. The fourth-order valence-electron chi connectivity index (χ4n) is 2.47. The molecule has 0 atom stereocenters. The van der Waals surface area contributed by atoms with Gasteiger partial charge >= 0.3 is 4.87 Å². The SMILES string of the molecule is Cc1csc(=O)n1CCC(=O)N1CC(=O)Nc2ccccc21. The summed E-state index contributed by atoms with van der Waals surface area (Å²) in [6, 6.07) is 7.19. The van der Waals surface area contributed by atoms with Gasteiger partial charge in [0.2, 0.25) is 11.8 Å². The van der Waals surface area contributed by atoms with Crippen molar-refractivity contribution in [2.45, 2.75) is 19.9 Å². The first-order chi connectivity index (χ1) is 10.6. The van der Waals surface area contributed by atoms with Crippen LogP contribution in [0.5, 0.6) is 0 Å². The maximum Gasteiger partial charge on any atom is 0.307 e. The third-order valence-corrected chi connectivity index (χ3v) is 4.48. The first-order valence-corrected chi connectivity index (χ1v) is 7.78. The number of nitrogens with one attached hydrogen (secondary N) is 1. The van der Waals surface area contributed by atoms with Gasteiger partial charge in [0, 0.05) is 24.0 Å². The molecule has 0 fully saturated rings. The van der Waals surface area contributed by atoms with Crippen LogP contribution in [0.15, 0.2) is 34.4 Å². The molecule has 2 aromatic rings. The number of thiazole rings is 1. The van der Waals surface area contributed by atoms with Crippen molar-refractivity contribution in [2.24, 2.45) is 0 Å². The second-order valence-electron chi connectivity index (χ2n) is 5.09. The molecule has 6 nitrogen and oxygen atoms in total. The summed E-state index contributed by atoms with van der Waals surface area (Å²) >= 11 is 1.13. The van der Waals surface area contributed by atoms with Crippen molar-refractivity contribution in [2.75, 3.05) is 16.8 Å². The van der Waals surface area contributed by atoms with E-state index in [1.807, 2.05) is 13.0 Å². The zero-order chi connectivity index (χ0) is 15.7. The van der Waals surface area contributed by atoms with Gasteiger partial charge in [-0.1, -0.05) is 23.5 Å². The summed E-state index contributed by atoms with van der Waals surface area (Å²) < 4.78 is 1.58. The minimum absolute atomic E-state index is 0.00731. The van der Waals surface area contributed by atoms with Gasteiger partial charge in [-0.25, -0.2) is 0 Å². The van der Waals surface area contributed by atoms with Crippen LogP contribution >= 0.6 is 11.3 Å². The maximum atomic E-state index is 12.5. The minimum atomic E-state index is -0.212. The van der Waals surface area contributed by atoms with Crippen LogP contribution in [-0.2, 0) is 16.1 Å². The van der Waals surface area contributed by atoms with E-state index in [4.69, 9.17) is 0 Å². The third kappa shape index (κ3) is 2.67. The van der Waals surface area contributed by atoms with Crippen molar-refractivity contribution in [3.05, 3.63) is 45.0 Å². The maximum absolute atomic E-state index is 12.5. The largest absolute Gasteiger partial charge is 0.323 e. The van der Waals surface area contributed by atoms with Gasteiger partial charge < -0.3 is 14.8 Å². The van der Waals surface area contributed by atoms with Crippen molar-refractivity contribution in [1.82, 2.24) is 4.57 Å². The Balaban J connectivity index is 1.78. The molecule has 2 heterocycles. The molecule has 1 aliphatic rings. The van der Waals surface area contributed by atoms with E-state index in [1.54, 1.807) is 28.1 Å². The zero-order valence-electron chi connectivity index (χ0n) is 12.0. The fourth-order valence-corrected chi connectivity index (χ4v) is 3.23. The standard InChI is InChI=1S/C15H15N3O3S/c1-10-9-22-15(21)17(10)7-6-14(20)18-8-13(19)16-11-4-2-3-5-12(11)18/h2-5,9H,6-8H2,1H3,(H,16,19). The summed E-state index contributed by atoms with van der Waals surface area (Å²) in [7, 11) is 0. The second kappa shape index (κ2) is 5.76. The molecule has 1 aliphatic heterocycles. The molecule has 0 bridgehead atoms. The Morgan fingerprint density at radius 3 is 2.82 bits per heavy atom. The predicted octanol–water partition coefficient (Wildman–Crippen LogP) is 1.59. The van der Waals surface area contributed by atoms with E-state index in [9.17, 15) is 14.4 Å². The number of anilines is 2. The van der Waals surface area contributed by atoms with E-state index in [0.29, 0.717) is 17.9 Å². The third-order valence-electron chi connectivity index (χ3n) is 3.60. The summed E-state index contributed by atoms with van der Waals surface area (Å²) in [4.78, 5) is 37.3. The average Bonchev–Trinajstić information content (AvgIpc) is 2.82. The lowest BCUT2D eigenvalue weighted by molar-refractivity contribution is -0.122. The Kier molecular flexibility index (Phi) is 3.81. The monoisotopic (exact) mass is 317 g/mol. The molecule has 0 spiro atoms. The van der Waals surface area contributed by atoms with Crippen LogP contribution < -0.4 is 15.1 Å². The Hall–Kier alpha value is -2.41. The number of para-hydroxylation sites is 2. The van der Waals surface area contributed by atoms with Gasteiger partial charge in [0.25, 0.3) is 0 Å². The molecule has 0 aliphatic carbocycles. The number of aryl methyl sites for hydroxylation is 1. The summed E-state index contributed by atoms with van der Waals surface area (Å²) in [5.41, 5.74) is 2.18. The van der Waals surface area contributed by atoms with Crippen molar-refractivity contribution in [3.8, 4) is 0 Å². The lowest BCUT2D eigenvalue weighted by Crippen LogP contribution is -2.42. The van der Waals surface area contributed by atoms with Gasteiger partial charge in [0.15, 0.2) is 0 Å². The molecule has 0 unspecified atom stereocenters. The molecule has 0 saturated carbocycles. The highest BCUT2D eigenvalue weighted by Crippen LogP contribution is 2.29. The Labute approximate surface area is 131 Å². The first kappa shape index (κ1) is 14.5. The molecule has 1 N–H and O–H groups in total. The summed E-state index contributed by atoms with van der Waals surface area (Å²) in [5, 5.41) is 4.52. The highest BCUT2D eigenvalue weighted by molar-refractivity contribution is 7.07. The molecule has 0 saturated heterocycles. The van der Waals surface area contributed by atoms with Gasteiger partial charge in [0.05, 0.1) is 11.4 Å². The van der Waals surface area contributed by atoms with Crippen LogP contribution in [0, 0.1) is 6.92 Å². The van der Waals surface area contributed by atoms with Crippen LogP contribution in [0.2, 0.25) is 0 Å². The topological polar surface area (TPSA) is 71.4 Å². The lowest BCUT2D eigenvalue weighted by Gasteiger charge is -2.29. The van der Waals surface area contributed by atoms with Crippen LogP contribution in [0.25, 0.3) is 0 Å². The fraction of sp³-hybridized carbons (Fsp3) is 0.267. The summed E-state index contributed by atoms with van der Waals surface area (Å²) in [5.74, 6) is -0.379. The number of aromatic nitrogens is 1. The molecular weight excluding hydrogens is 302 g/mol. The summed E-state index contributed by atoms with van der Waals surface area (Å²) in [6.45, 7) is 2.17. The van der Waals surface area contributed by atoms with Crippen molar-refractivity contribution >= 4 is 34.5 Å². The van der Waals surface area contributed by atoms with Gasteiger partial charge in [-0.05, 0) is 19.1 Å². The molecule has 114 valence electrons. The molecule has 7 heteroatoms. The Bertz CT molecular complexity index is 793. The molecule has 22 heavy (non-hydrogen) atoms. The van der Waals surface area contributed by atoms with Crippen LogP contribution in [-0.4, -0.2) is 22.9 Å². The average molecular weight is 317 g/mol. The zero-order valence-corrected chi connectivity index (χ0v) is 12.9. The number of benzene rings is 1. The van der Waals surface area contributed by atoms with Crippen LogP contribution in [0.1, 0.15) is 12.1 Å². The van der Waals surface area contributed by atoms with Crippen molar-refractivity contribution in [1.29, 1.82) is 0 Å². The smallest absolute Gasteiger partial charge is 0.307 e. The van der Waals surface area contributed by atoms with Crippen molar-refractivity contribution < 1.29 is 9.59 Å². The Morgan fingerprint density at radius 1 is 1.32 bits per heavy atom. The molecule has 3 rings (SSSR count). The molecular formula is C15H15N3O3S. The Morgan fingerprint density at radius 2 is 2.09 bits per heavy atom. The quantitative estimate of drug-likeness (QED) is 0.934. The number of hydrogen-bond donors (Lipinski definition) is 1. The van der Waals surface area contributed by atoms with Crippen molar-refractivity contribution in [3.63, 3.8) is 0 Å². The molecule has 1 aromatic heterocycles. The second-order valence-corrected chi connectivity index (χ2v) is 5.91. The van der Waals surface area contributed by atoms with E-state index >= 15 is 0 Å². The number of hydrogen-bond acceptors (Lipinski definition) is 4. The highest BCUT2D eigenvalue weighted by Gasteiger charge is 2.26. The predicted molar refractivity (Wildman–Crippen MR) is 85.4 cm³/mol. The van der Waals surface area contributed by atoms with E-state index in [1.165, 1.54) is 4.90 Å². The number of amides is 2. The van der Waals surface area contributed by atoms with E-state index in [-0.39, 0.29) is 29.7 Å². The van der Waals surface area contributed by atoms with Gasteiger partial charge in [0.1, 0.15) is 6.54 Å². The van der Waals surface area contributed by atoms with E-state index in [0.717, 1.165) is 17.0 Å². The normalized spacial score (nSPS) is 13.7. The first-order valence-electron chi connectivity index (χ1n) is 6.90. The molecule has 0 radical (unpaired) electrons. The number of carbonyl (C=O) groups is 2. The highest BCUT2D eigenvalue weighted by atomic mass is 32.1. The number of rotatable bonds is 3. The van der Waals surface area contributed by atoms with Gasteiger partial charge in [-0.15, -0.1) is 0 Å². The number of nitrogens with zero attached hydrogens (tertiary/aromatic N) is 2. The van der Waals surface area contributed by atoms with Gasteiger partial charge in [-0.2, -0.15) is 0 Å². The van der Waals surface area contributed by atoms with Gasteiger partial charge in [-0.3, -0.25) is 14.4 Å².